The van der Waals surface area contributed by atoms with E-state index in [1.165, 1.54) is 0 Å². The average molecular weight is 165 g/mol. The zero-order valence-electron chi connectivity index (χ0n) is 6.92. The SMILES string of the molecule is CC(=O)C1NCCc2[nH]cnc21. The normalized spacial score (nSPS) is 21.9. The van der Waals surface area contributed by atoms with Crippen LogP contribution in [-0.4, -0.2) is 22.3 Å². The van der Waals surface area contributed by atoms with Crippen LogP contribution < -0.4 is 5.32 Å². The van der Waals surface area contributed by atoms with Crippen molar-refractivity contribution >= 4 is 5.78 Å². The minimum Gasteiger partial charge on any atom is -0.348 e. The third-order valence-electron chi connectivity index (χ3n) is 2.16. The molecule has 0 fully saturated rings. The quantitative estimate of drug-likeness (QED) is 0.624. The van der Waals surface area contributed by atoms with Crippen LogP contribution in [0.1, 0.15) is 24.4 Å². The monoisotopic (exact) mass is 165 g/mol. The molecule has 0 spiro atoms. The molecule has 1 unspecified atom stereocenters. The highest BCUT2D eigenvalue weighted by atomic mass is 16.1. The molecule has 0 saturated carbocycles. The van der Waals surface area contributed by atoms with E-state index in [1.54, 1.807) is 13.3 Å². The molecule has 2 heterocycles. The van der Waals surface area contributed by atoms with Gasteiger partial charge in [-0.15, -0.1) is 0 Å². The molecule has 1 aromatic heterocycles. The number of fused-ring (bicyclic) bond motifs is 1. The van der Waals surface area contributed by atoms with Crippen LogP contribution in [0.15, 0.2) is 6.33 Å². The second-order valence-corrected chi connectivity index (χ2v) is 3.01. The summed E-state index contributed by atoms with van der Waals surface area (Å²) in [6.45, 7) is 2.43. The maximum atomic E-state index is 11.1. The van der Waals surface area contributed by atoms with Crippen molar-refractivity contribution in [2.24, 2.45) is 0 Å². The van der Waals surface area contributed by atoms with Gasteiger partial charge >= 0.3 is 0 Å². The van der Waals surface area contributed by atoms with Crippen molar-refractivity contribution in [3.8, 4) is 0 Å². The number of hydrogen-bond donors (Lipinski definition) is 2. The molecular formula is C8H11N3O. The van der Waals surface area contributed by atoms with E-state index in [0.717, 1.165) is 24.4 Å². The number of aromatic nitrogens is 2. The van der Waals surface area contributed by atoms with Crippen molar-refractivity contribution in [2.45, 2.75) is 19.4 Å². The Balaban J connectivity index is 2.37. The van der Waals surface area contributed by atoms with E-state index in [-0.39, 0.29) is 11.8 Å². The Hall–Kier alpha value is -1.16. The predicted octanol–water partition coefficient (Wildman–Crippen LogP) is 0.185. The molecule has 2 rings (SSSR count). The first-order valence-electron chi connectivity index (χ1n) is 4.05. The maximum Gasteiger partial charge on any atom is 0.152 e. The molecule has 0 radical (unpaired) electrons. The molecule has 0 aliphatic carbocycles. The topological polar surface area (TPSA) is 57.8 Å². The number of rotatable bonds is 1. The molecule has 0 amide bonds. The lowest BCUT2D eigenvalue weighted by molar-refractivity contribution is -0.119. The summed E-state index contributed by atoms with van der Waals surface area (Å²) in [5.74, 6) is 0.128. The number of carbonyl (C=O) groups is 1. The van der Waals surface area contributed by atoms with Gasteiger partial charge in [-0.2, -0.15) is 0 Å². The Labute approximate surface area is 70.4 Å². The van der Waals surface area contributed by atoms with Crippen LogP contribution in [0.5, 0.6) is 0 Å². The second-order valence-electron chi connectivity index (χ2n) is 3.01. The Bertz CT molecular complexity index is 305. The third-order valence-corrected chi connectivity index (χ3v) is 2.16. The number of nitrogens with zero attached hydrogens (tertiary/aromatic N) is 1. The van der Waals surface area contributed by atoms with Crippen LogP contribution in [0.3, 0.4) is 0 Å². The molecule has 0 saturated heterocycles. The summed E-state index contributed by atoms with van der Waals surface area (Å²) in [4.78, 5) is 18.3. The van der Waals surface area contributed by atoms with Gasteiger partial charge in [0.25, 0.3) is 0 Å². The molecule has 0 aromatic carbocycles. The molecule has 1 aromatic rings. The van der Waals surface area contributed by atoms with Gasteiger partial charge < -0.3 is 10.3 Å². The number of ketones is 1. The first-order valence-corrected chi connectivity index (χ1v) is 4.05. The molecule has 4 nitrogen and oxygen atoms in total. The zero-order chi connectivity index (χ0) is 8.55. The fourth-order valence-corrected chi connectivity index (χ4v) is 1.56. The van der Waals surface area contributed by atoms with Crippen molar-refractivity contribution in [2.75, 3.05) is 6.54 Å². The number of nitrogens with one attached hydrogen (secondary N) is 2. The van der Waals surface area contributed by atoms with Gasteiger partial charge in [-0.05, 0) is 6.92 Å². The predicted molar refractivity (Wildman–Crippen MR) is 43.7 cm³/mol. The van der Waals surface area contributed by atoms with E-state index < -0.39 is 0 Å². The molecule has 0 bridgehead atoms. The van der Waals surface area contributed by atoms with Crippen LogP contribution in [0.4, 0.5) is 0 Å². The standard InChI is InChI=1S/C8H11N3O/c1-5(12)7-8-6(2-3-9-7)10-4-11-8/h4,7,9H,2-3H2,1H3,(H,10,11). The fourth-order valence-electron chi connectivity index (χ4n) is 1.56. The van der Waals surface area contributed by atoms with Gasteiger partial charge in [0.05, 0.1) is 12.0 Å². The van der Waals surface area contributed by atoms with E-state index in [4.69, 9.17) is 0 Å². The van der Waals surface area contributed by atoms with Crippen LogP contribution >= 0.6 is 0 Å². The molecule has 64 valence electrons. The maximum absolute atomic E-state index is 11.1. The van der Waals surface area contributed by atoms with Crippen LogP contribution in [-0.2, 0) is 11.2 Å². The lowest BCUT2D eigenvalue weighted by Crippen LogP contribution is -2.34. The highest BCUT2D eigenvalue weighted by Gasteiger charge is 2.25. The highest BCUT2D eigenvalue weighted by Crippen LogP contribution is 2.19. The van der Waals surface area contributed by atoms with E-state index in [1.807, 2.05) is 0 Å². The van der Waals surface area contributed by atoms with Crippen molar-refractivity contribution in [1.82, 2.24) is 15.3 Å². The summed E-state index contributed by atoms with van der Waals surface area (Å²) in [7, 11) is 0. The van der Waals surface area contributed by atoms with Gasteiger partial charge in [-0.1, -0.05) is 0 Å². The Morgan fingerprint density at radius 3 is 3.33 bits per heavy atom. The number of carbonyl (C=O) groups excluding carboxylic acids is 1. The highest BCUT2D eigenvalue weighted by molar-refractivity contribution is 5.82. The van der Waals surface area contributed by atoms with Crippen molar-refractivity contribution in [3.63, 3.8) is 0 Å². The minimum atomic E-state index is -0.194. The van der Waals surface area contributed by atoms with E-state index >= 15 is 0 Å². The molecule has 12 heavy (non-hydrogen) atoms. The van der Waals surface area contributed by atoms with Crippen LogP contribution in [0, 0.1) is 0 Å². The van der Waals surface area contributed by atoms with Crippen molar-refractivity contribution < 1.29 is 4.79 Å². The van der Waals surface area contributed by atoms with Crippen LogP contribution in [0.2, 0.25) is 0 Å². The largest absolute Gasteiger partial charge is 0.348 e. The number of hydrogen-bond acceptors (Lipinski definition) is 3. The molecular weight excluding hydrogens is 154 g/mol. The van der Waals surface area contributed by atoms with Crippen molar-refractivity contribution in [1.29, 1.82) is 0 Å². The van der Waals surface area contributed by atoms with Gasteiger partial charge in [-0.3, -0.25) is 4.79 Å². The summed E-state index contributed by atoms with van der Waals surface area (Å²) in [6, 6.07) is -0.194. The zero-order valence-corrected chi connectivity index (χ0v) is 6.92. The van der Waals surface area contributed by atoms with E-state index in [2.05, 4.69) is 15.3 Å². The first-order chi connectivity index (χ1) is 5.79. The van der Waals surface area contributed by atoms with E-state index in [0.29, 0.717) is 0 Å². The Morgan fingerprint density at radius 2 is 2.58 bits per heavy atom. The van der Waals surface area contributed by atoms with Gasteiger partial charge in [0, 0.05) is 18.7 Å². The molecule has 1 aliphatic heterocycles. The summed E-state index contributed by atoms with van der Waals surface area (Å²) < 4.78 is 0. The summed E-state index contributed by atoms with van der Waals surface area (Å²) in [5, 5.41) is 3.13. The van der Waals surface area contributed by atoms with E-state index in [9.17, 15) is 4.79 Å². The smallest absolute Gasteiger partial charge is 0.152 e. The minimum absolute atomic E-state index is 0.128. The van der Waals surface area contributed by atoms with Crippen LogP contribution in [0.25, 0.3) is 0 Å². The second kappa shape index (κ2) is 2.71. The van der Waals surface area contributed by atoms with Gasteiger partial charge in [-0.25, -0.2) is 4.98 Å². The summed E-state index contributed by atoms with van der Waals surface area (Å²) in [6.07, 6.45) is 2.58. The third kappa shape index (κ3) is 1.04. The Morgan fingerprint density at radius 1 is 1.75 bits per heavy atom. The van der Waals surface area contributed by atoms with Gasteiger partial charge in [0.1, 0.15) is 6.04 Å². The van der Waals surface area contributed by atoms with Gasteiger partial charge in [0.2, 0.25) is 0 Å². The Kier molecular flexibility index (Phi) is 1.69. The summed E-state index contributed by atoms with van der Waals surface area (Å²) in [5.41, 5.74) is 1.96. The summed E-state index contributed by atoms with van der Waals surface area (Å²) >= 11 is 0. The molecule has 2 N–H and O–H groups in total. The number of Topliss-reactive ketones (excluding diaryl/α,β-unsaturated/α-hetero) is 1. The number of H-pyrrole nitrogens is 1. The lowest BCUT2D eigenvalue weighted by atomic mass is 10.0. The fraction of sp³-hybridized carbons (Fsp3) is 0.500. The molecule has 4 heteroatoms. The van der Waals surface area contributed by atoms with Gasteiger partial charge in [0.15, 0.2) is 5.78 Å². The molecule has 1 atom stereocenters. The number of imidazole rings is 1. The number of aromatic amines is 1. The average Bonchev–Trinajstić information content (AvgIpc) is 2.49. The lowest BCUT2D eigenvalue weighted by Gasteiger charge is -2.20. The van der Waals surface area contributed by atoms with Crippen molar-refractivity contribution in [3.05, 3.63) is 17.7 Å². The molecule has 1 aliphatic rings. The first kappa shape index (κ1) is 7.49.